The summed E-state index contributed by atoms with van der Waals surface area (Å²) < 4.78 is 10.8. The van der Waals surface area contributed by atoms with Crippen molar-refractivity contribution in [1.29, 1.82) is 0 Å². The number of aliphatic hydroxyl groups excluding tert-OH is 1. The zero-order valence-corrected chi connectivity index (χ0v) is 11.2. The van der Waals surface area contributed by atoms with Crippen LogP contribution in [-0.4, -0.2) is 49.7 Å². The van der Waals surface area contributed by atoms with E-state index in [9.17, 15) is 0 Å². The number of nitrogens with one attached hydrogen (secondary N) is 1. The van der Waals surface area contributed by atoms with E-state index in [1.807, 2.05) is 13.8 Å². The van der Waals surface area contributed by atoms with Crippen LogP contribution in [0.15, 0.2) is 0 Å². The van der Waals surface area contributed by atoms with Gasteiger partial charge in [-0.3, -0.25) is 0 Å². The molecule has 1 unspecified atom stereocenters. The van der Waals surface area contributed by atoms with Crippen molar-refractivity contribution in [2.24, 2.45) is 0 Å². The van der Waals surface area contributed by atoms with Crippen molar-refractivity contribution in [2.75, 3.05) is 26.9 Å². The molecule has 0 aromatic carbocycles. The molecule has 1 atom stereocenters. The van der Waals surface area contributed by atoms with Gasteiger partial charge in [0.2, 0.25) is 0 Å². The highest BCUT2D eigenvalue weighted by atomic mass is 16.5. The lowest BCUT2D eigenvalue weighted by atomic mass is 10.1. The van der Waals surface area contributed by atoms with Gasteiger partial charge in [0.1, 0.15) is 0 Å². The predicted molar refractivity (Wildman–Crippen MR) is 65.7 cm³/mol. The minimum Gasteiger partial charge on any atom is -0.395 e. The van der Waals surface area contributed by atoms with Gasteiger partial charge in [-0.25, -0.2) is 0 Å². The van der Waals surface area contributed by atoms with Gasteiger partial charge in [-0.05, 0) is 20.3 Å². The van der Waals surface area contributed by atoms with Gasteiger partial charge in [0.15, 0.2) is 0 Å². The largest absolute Gasteiger partial charge is 0.395 e. The van der Waals surface area contributed by atoms with Gasteiger partial charge in [0.05, 0.1) is 24.9 Å². The number of rotatable bonds is 9. The molecule has 0 radical (unpaired) electrons. The summed E-state index contributed by atoms with van der Waals surface area (Å²) >= 11 is 0. The van der Waals surface area contributed by atoms with Gasteiger partial charge in [-0.2, -0.15) is 0 Å². The Kier molecular flexibility index (Phi) is 7.93. The lowest BCUT2D eigenvalue weighted by Crippen LogP contribution is -2.41. The van der Waals surface area contributed by atoms with Crippen molar-refractivity contribution in [3.05, 3.63) is 0 Å². The van der Waals surface area contributed by atoms with E-state index in [1.54, 1.807) is 7.11 Å². The summed E-state index contributed by atoms with van der Waals surface area (Å²) in [4.78, 5) is 0. The molecule has 0 aliphatic carbocycles. The van der Waals surface area contributed by atoms with Crippen LogP contribution in [0.5, 0.6) is 0 Å². The number of hydrogen-bond donors (Lipinski definition) is 2. The van der Waals surface area contributed by atoms with E-state index >= 15 is 0 Å². The van der Waals surface area contributed by atoms with Gasteiger partial charge in [-0.15, -0.1) is 0 Å². The minimum atomic E-state index is -0.139. The first-order valence-corrected chi connectivity index (χ1v) is 5.91. The fraction of sp³-hybridized carbons (Fsp3) is 1.00. The van der Waals surface area contributed by atoms with Crippen LogP contribution in [0.1, 0.15) is 34.1 Å². The SMILES string of the molecule is COC(C)(C)CCOCC(CO)NC(C)C. The third-order valence-electron chi connectivity index (χ3n) is 2.51. The lowest BCUT2D eigenvalue weighted by molar-refractivity contribution is -0.0144. The maximum Gasteiger partial charge on any atom is 0.0644 e. The van der Waals surface area contributed by atoms with Crippen LogP contribution in [0.2, 0.25) is 0 Å². The van der Waals surface area contributed by atoms with Gasteiger partial charge in [0, 0.05) is 19.8 Å². The summed E-state index contributed by atoms with van der Waals surface area (Å²) in [5.74, 6) is 0. The lowest BCUT2D eigenvalue weighted by Gasteiger charge is -2.24. The first-order valence-electron chi connectivity index (χ1n) is 5.91. The molecule has 2 N–H and O–H groups in total. The molecule has 0 aromatic heterocycles. The number of hydrogen-bond acceptors (Lipinski definition) is 4. The van der Waals surface area contributed by atoms with Gasteiger partial charge in [-0.1, -0.05) is 13.8 Å². The Morgan fingerprint density at radius 2 is 1.94 bits per heavy atom. The number of methoxy groups -OCH3 is 1. The minimum absolute atomic E-state index is 0.0191. The zero-order valence-electron chi connectivity index (χ0n) is 11.2. The Morgan fingerprint density at radius 1 is 1.31 bits per heavy atom. The molecule has 0 spiro atoms. The van der Waals surface area contributed by atoms with Crippen LogP contribution in [0.25, 0.3) is 0 Å². The smallest absolute Gasteiger partial charge is 0.0644 e. The molecule has 4 nitrogen and oxygen atoms in total. The Morgan fingerprint density at radius 3 is 2.38 bits per heavy atom. The number of ether oxygens (including phenoxy) is 2. The second-order valence-corrected chi connectivity index (χ2v) is 4.99. The molecule has 0 rings (SSSR count). The highest BCUT2D eigenvalue weighted by molar-refractivity contribution is 4.69. The maximum atomic E-state index is 9.11. The summed E-state index contributed by atoms with van der Waals surface area (Å²) in [6.45, 7) is 9.46. The molecule has 0 fully saturated rings. The van der Waals surface area contributed by atoms with Crippen LogP contribution in [-0.2, 0) is 9.47 Å². The highest BCUT2D eigenvalue weighted by Crippen LogP contribution is 2.12. The molecule has 0 heterocycles. The van der Waals surface area contributed by atoms with Crippen LogP contribution in [0, 0.1) is 0 Å². The molecular formula is C12H27NO3. The summed E-state index contributed by atoms with van der Waals surface area (Å²) in [6.07, 6.45) is 0.851. The fourth-order valence-electron chi connectivity index (χ4n) is 1.27. The van der Waals surface area contributed by atoms with E-state index in [2.05, 4.69) is 19.2 Å². The summed E-state index contributed by atoms with van der Waals surface area (Å²) in [5.41, 5.74) is -0.139. The molecular weight excluding hydrogens is 206 g/mol. The topological polar surface area (TPSA) is 50.7 Å². The highest BCUT2D eigenvalue weighted by Gasteiger charge is 2.16. The summed E-state index contributed by atoms with van der Waals surface area (Å²) in [7, 11) is 1.71. The van der Waals surface area contributed by atoms with Crippen molar-refractivity contribution < 1.29 is 14.6 Å². The molecule has 0 saturated heterocycles. The predicted octanol–water partition coefficient (Wildman–Crippen LogP) is 1.18. The van der Waals surface area contributed by atoms with Crippen molar-refractivity contribution >= 4 is 0 Å². The van der Waals surface area contributed by atoms with Crippen LogP contribution < -0.4 is 5.32 Å². The van der Waals surface area contributed by atoms with Crippen molar-refractivity contribution in [3.63, 3.8) is 0 Å². The van der Waals surface area contributed by atoms with E-state index in [1.165, 1.54) is 0 Å². The number of aliphatic hydroxyl groups is 1. The molecule has 0 aliphatic rings. The van der Waals surface area contributed by atoms with Crippen molar-refractivity contribution in [3.8, 4) is 0 Å². The van der Waals surface area contributed by atoms with E-state index in [-0.39, 0.29) is 18.2 Å². The Hall–Kier alpha value is -0.160. The summed E-state index contributed by atoms with van der Waals surface area (Å²) in [6, 6.07) is 0.377. The Bertz CT molecular complexity index is 172. The second kappa shape index (κ2) is 8.01. The quantitative estimate of drug-likeness (QED) is 0.587. The third kappa shape index (κ3) is 8.05. The van der Waals surface area contributed by atoms with Crippen molar-refractivity contribution in [1.82, 2.24) is 5.32 Å². The molecule has 0 aromatic rings. The van der Waals surface area contributed by atoms with E-state index in [0.717, 1.165) is 6.42 Å². The molecule has 0 aliphatic heterocycles. The zero-order chi connectivity index (χ0) is 12.6. The molecule has 0 saturated carbocycles. The third-order valence-corrected chi connectivity index (χ3v) is 2.51. The van der Waals surface area contributed by atoms with Crippen LogP contribution in [0.3, 0.4) is 0 Å². The molecule has 98 valence electrons. The normalized spacial score (nSPS) is 14.4. The van der Waals surface area contributed by atoms with Crippen LogP contribution >= 0.6 is 0 Å². The molecule has 0 bridgehead atoms. The van der Waals surface area contributed by atoms with E-state index in [4.69, 9.17) is 14.6 Å². The first-order chi connectivity index (χ1) is 7.41. The van der Waals surface area contributed by atoms with E-state index < -0.39 is 0 Å². The molecule has 16 heavy (non-hydrogen) atoms. The maximum absolute atomic E-state index is 9.11. The molecule has 4 heteroatoms. The molecule has 0 amide bonds. The first kappa shape index (κ1) is 15.8. The fourth-order valence-corrected chi connectivity index (χ4v) is 1.27. The van der Waals surface area contributed by atoms with Gasteiger partial charge >= 0.3 is 0 Å². The average molecular weight is 233 g/mol. The Labute approximate surface area is 99.3 Å². The van der Waals surface area contributed by atoms with E-state index in [0.29, 0.717) is 19.3 Å². The van der Waals surface area contributed by atoms with Gasteiger partial charge < -0.3 is 19.9 Å². The van der Waals surface area contributed by atoms with Crippen LogP contribution in [0.4, 0.5) is 0 Å². The van der Waals surface area contributed by atoms with Crippen molar-refractivity contribution in [2.45, 2.75) is 51.8 Å². The Balaban J connectivity index is 3.63. The second-order valence-electron chi connectivity index (χ2n) is 4.99. The summed E-state index contributed by atoms with van der Waals surface area (Å²) in [5, 5.41) is 12.3. The average Bonchev–Trinajstić information content (AvgIpc) is 2.22. The monoisotopic (exact) mass is 233 g/mol. The standard InChI is InChI=1S/C12H27NO3/c1-10(2)13-11(8-14)9-16-7-6-12(3,4)15-5/h10-11,13-14H,6-9H2,1-5H3. The van der Waals surface area contributed by atoms with Gasteiger partial charge in [0.25, 0.3) is 0 Å².